The summed E-state index contributed by atoms with van der Waals surface area (Å²) >= 11 is 6.01. The Morgan fingerprint density at radius 2 is 1.62 bits per heavy atom. The standard InChI is InChI=1S/C29H27ClN4O3/c1-19-16-26(20(2)34(19)25-14-12-24(30)13-15-25)28(35)32-17-21-8-10-23(11-9-21)27(31)33-29(36)37-18-22-6-4-3-5-7-22/h3-16H,17-18H2,1-2H3,(H,32,35)(H2,31,33,36). The Kier molecular flexibility index (Phi) is 8.05. The lowest BCUT2D eigenvalue weighted by atomic mass is 10.1. The number of carbonyl (C=O) groups excluding carboxylic acids is 2. The van der Waals surface area contributed by atoms with Gasteiger partial charge in [-0.1, -0.05) is 66.2 Å². The van der Waals surface area contributed by atoms with Crippen LogP contribution in [0.4, 0.5) is 4.79 Å². The van der Waals surface area contributed by atoms with Crippen LogP contribution in [0.25, 0.3) is 5.69 Å². The fourth-order valence-corrected chi connectivity index (χ4v) is 4.09. The molecular formula is C29H27ClN4O3. The number of amidine groups is 1. The van der Waals surface area contributed by atoms with Crippen molar-refractivity contribution in [2.75, 3.05) is 0 Å². The van der Waals surface area contributed by atoms with Crippen LogP contribution in [0.1, 0.15) is 38.4 Å². The van der Waals surface area contributed by atoms with Crippen molar-refractivity contribution in [3.8, 4) is 5.69 Å². The Morgan fingerprint density at radius 1 is 0.946 bits per heavy atom. The lowest BCUT2D eigenvalue weighted by Crippen LogP contribution is -2.23. The maximum atomic E-state index is 12.9. The van der Waals surface area contributed by atoms with Crippen LogP contribution in [0.15, 0.2) is 89.9 Å². The zero-order valence-corrected chi connectivity index (χ0v) is 21.3. The molecule has 7 nitrogen and oxygen atoms in total. The van der Waals surface area contributed by atoms with Crippen LogP contribution in [0, 0.1) is 13.8 Å². The van der Waals surface area contributed by atoms with E-state index in [-0.39, 0.29) is 18.3 Å². The molecule has 0 saturated carbocycles. The summed E-state index contributed by atoms with van der Waals surface area (Å²) in [7, 11) is 0. The SMILES string of the molecule is Cc1cc(C(=O)NCc2ccc(C(N)=NC(=O)OCc3ccccc3)cc2)c(C)n1-c1ccc(Cl)cc1. The first kappa shape index (κ1) is 25.7. The van der Waals surface area contributed by atoms with E-state index in [1.165, 1.54) is 0 Å². The molecule has 0 aliphatic carbocycles. The molecule has 37 heavy (non-hydrogen) atoms. The normalized spacial score (nSPS) is 11.3. The third kappa shape index (κ3) is 6.45. The Balaban J connectivity index is 1.35. The van der Waals surface area contributed by atoms with E-state index in [0.29, 0.717) is 22.7 Å². The van der Waals surface area contributed by atoms with Crippen molar-refractivity contribution >= 4 is 29.4 Å². The van der Waals surface area contributed by atoms with Gasteiger partial charge < -0.3 is 20.4 Å². The highest BCUT2D eigenvalue weighted by atomic mass is 35.5. The van der Waals surface area contributed by atoms with Gasteiger partial charge in [-0.05, 0) is 55.3 Å². The largest absolute Gasteiger partial charge is 0.443 e. The van der Waals surface area contributed by atoms with Crippen LogP contribution in [-0.4, -0.2) is 22.4 Å². The summed E-state index contributed by atoms with van der Waals surface area (Å²) in [6.45, 7) is 4.33. The minimum Gasteiger partial charge on any atom is -0.443 e. The molecule has 3 N–H and O–H groups in total. The van der Waals surface area contributed by atoms with Crippen LogP contribution < -0.4 is 11.1 Å². The van der Waals surface area contributed by atoms with Crippen LogP contribution >= 0.6 is 11.6 Å². The van der Waals surface area contributed by atoms with Crippen molar-refractivity contribution in [3.05, 3.63) is 124 Å². The highest BCUT2D eigenvalue weighted by Gasteiger charge is 2.16. The van der Waals surface area contributed by atoms with Gasteiger partial charge >= 0.3 is 6.09 Å². The summed E-state index contributed by atoms with van der Waals surface area (Å²) < 4.78 is 7.16. The first-order valence-corrected chi connectivity index (χ1v) is 12.1. The van der Waals surface area contributed by atoms with Crippen molar-refractivity contribution in [2.45, 2.75) is 27.0 Å². The second-order valence-electron chi connectivity index (χ2n) is 8.51. The molecule has 0 radical (unpaired) electrons. The molecule has 0 atom stereocenters. The van der Waals surface area contributed by atoms with E-state index in [1.54, 1.807) is 12.1 Å². The first-order chi connectivity index (χ1) is 17.8. The lowest BCUT2D eigenvalue weighted by Gasteiger charge is -2.10. The van der Waals surface area contributed by atoms with E-state index in [9.17, 15) is 9.59 Å². The molecule has 0 unspecified atom stereocenters. The lowest BCUT2D eigenvalue weighted by molar-refractivity contribution is 0.0950. The van der Waals surface area contributed by atoms with Crippen molar-refractivity contribution in [1.82, 2.24) is 9.88 Å². The van der Waals surface area contributed by atoms with Gasteiger partial charge in [-0.25, -0.2) is 4.79 Å². The van der Waals surface area contributed by atoms with Gasteiger partial charge in [0.1, 0.15) is 12.4 Å². The van der Waals surface area contributed by atoms with Gasteiger partial charge in [-0.2, -0.15) is 4.99 Å². The van der Waals surface area contributed by atoms with E-state index >= 15 is 0 Å². The summed E-state index contributed by atoms with van der Waals surface area (Å²) in [5.41, 5.74) is 11.6. The van der Waals surface area contributed by atoms with Crippen molar-refractivity contribution in [1.29, 1.82) is 0 Å². The van der Waals surface area contributed by atoms with E-state index in [1.807, 2.05) is 91.2 Å². The van der Waals surface area contributed by atoms with Gasteiger partial charge in [0, 0.05) is 34.2 Å². The molecule has 0 spiro atoms. The van der Waals surface area contributed by atoms with E-state index in [4.69, 9.17) is 22.1 Å². The summed E-state index contributed by atoms with van der Waals surface area (Å²) in [5, 5.41) is 3.62. The number of benzene rings is 3. The molecular weight excluding hydrogens is 488 g/mol. The van der Waals surface area contributed by atoms with E-state index in [2.05, 4.69) is 10.3 Å². The second kappa shape index (κ2) is 11.6. The number of nitrogens with one attached hydrogen (secondary N) is 1. The van der Waals surface area contributed by atoms with Gasteiger partial charge in [0.05, 0.1) is 5.56 Å². The molecule has 0 fully saturated rings. The average molecular weight is 515 g/mol. The first-order valence-electron chi connectivity index (χ1n) is 11.7. The summed E-state index contributed by atoms with van der Waals surface area (Å²) in [5.74, 6) is -0.108. The van der Waals surface area contributed by atoms with Gasteiger partial charge in [0.2, 0.25) is 0 Å². The molecule has 0 aliphatic rings. The molecule has 4 aromatic rings. The van der Waals surface area contributed by atoms with Gasteiger partial charge in [0.25, 0.3) is 5.91 Å². The van der Waals surface area contributed by atoms with Crippen LogP contribution in [-0.2, 0) is 17.9 Å². The highest BCUT2D eigenvalue weighted by molar-refractivity contribution is 6.30. The quantitative estimate of drug-likeness (QED) is 0.243. The number of halogens is 1. The topological polar surface area (TPSA) is 98.7 Å². The molecule has 188 valence electrons. The van der Waals surface area contributed by atoms with Gasteiger partial charge in [-0.3, -0.25) is 4.79 Å². The predicted molar refractivity (Wildman–Crippen MR) is 145 cm³/mol. The van der Waals surface area contributed by atoms with Gasteiger partial charge in [0.15, 0.2) is 0 Å². The zero-order valence-electron chi connectivity index (χ0n) is 20.6. The molecule has 0 aliphatic heterocycles. The van der Waals surface area contributed by atoms with Crippen LogP contribution in [0.3, 0.4) is 0 Å². The number of aromatic nitrogens is 1. The molecule has 3 aromatic carbocycles. The Hall–Kier alpha value is -4.36. The fraction of sp³-hybridized carbons (Fsp3) is 0.138. The van der Waals surface area contributed by atoms with Crippen molar-refractivity contribution < 1.29 is 14.3 Å². The number of ether oxygens (including phenoxy) is 1. The second-order valence-corrected chi connectivity index (χ2v) is 8.95. The minimum atomic E-state index is -0.756. The molecule has 8 heteroatoms. The number of nitrogens with two attached hydrogens (primary N) is 1. The number of hydrogen-bond donors (Lipinski definition) is 2. The molecule has 0 bridgehead atoms. The molecule has 1 heterocycles. The summed E-state index contributed by atoms with van der Waals surface area (Å²) in [6.07, 6.45) is -0.756. The number of carbonyl (C=O) groups is 2. The Bertz CT molecular complexity index is 1430. The Morgan fingerprint density at radius 3 is 2.30 bits per heavy atom. The molecule has 4 rings (SSSR count). The maximum Gasteiger partial charge on any atom is 0.435 e. The number of aliphatic imine (C=N–C) groups is 1. The maximum absolute atomic E-state index is 12.9. The third-order valence-corrected chi connectivity index (χ3v) is 6.13. The average Bonchev–Trinajstić information content (AvgIpc) is 3.21. The highest BCUT2D eigenvalue weighted by Crippen LogP contribution is 2.22. The minimum absolute atomic E-state index is 0.0586. The number of hydrogen-bond acceptors (Lipinski definition) is 3. The predicted octanol–water partition coefficient (Wildman–Crippen LogP) is 5.72. The fourth-order valence-electron chi connectivity index (χ4n) is 3.97. The summed E-state index contributed by atoms with van der Waals surface area (Å²) in [4.78, 5) is 28.7. The summed E-state index contributed by atoms with van der Waals surface area (Å²) in [6, 6.07) is 25.8. The Labute approximate surface area is 220 Å². The third-order valence-electron chi connectivity index (χ3n) is 5.88. The number of nitrogens with zero attached hydrogens (tertiary/aromatic N) is 2. The van der Waals surface area contributed by atoms with Gasteiger partial charge in [-0.15, -0.1) is 0 Å². The van der Waals surface area contributed by atoms with Crippen LogP contribution in [0.2, 0.25) is 5.02 Å². The molecule has 2 amide bonds. The number of rotatable bonds is 7. The van der Waals surface area contributed by atoms with E-state index in [0.717, 1.165) is 28.2 Å². The number of aryl methyl sites for hydroxylation is 1. The smallest absolute Gasteiger partial charge is 0.435 e. The zero-order chi connectivity index (χ0) is 26.4. The van der Waals surface area contributed by atoms with Crippen LogP contribution in [0.5, 0.6) is 0 Å². The van der Waals surface area contributed by atoms with E-state index < -0.39 is 6.09 Å². The monoisotopic (exact) mass is 514 g/mol. The molecule has 0 saturated heterocycles. The van der Waals surface area contributed by atoms with Crippen molar-refractivity contribution in [3.63, 3.8) is 0 Å². The van der Waals surface area contributed by atoms with Crippen molar-refractivity contribution in [2.24, 2.45) is 10.7 Å². The number of amides is 2. The molecule has 1 aromatic heterocycles.